The van der Waals surface area contributed by atoms with E-state index >= 15 is 0 Å². The number of aromatic nitrogens is 2. The molecule has 1 aliphatic rings. The minimum absolute atomic E-state index is 0.0990. The van der Waals surface area contributed by atoms with Crippen LogP contribution in [0.15, 0.2) is 6.20 Å². The summed E-state index contributed by atoms with van der Waals surface area (Å²) in [6.45, 7) is 2.96. The highest BCUT2D eigenvalue weighted by atomic mass is 127. The van der Waals surface area contributed by atoms with E-state index in [4.69, 9.17) is 0 Å². The van der Waals surface area contributed by atoms with Gasteiger partial charge in [-0.05, 0) is 35.9 Å². The molecule has 0 aliphatic carbocycles. The van der Waals surface area contributed by atoms with E-state index in [1.807, 2.05) is 0 Å². The van der Waals surface area contributed by atoms with Gasteiger partial charge in [0.25, 0.3) is 5.91 Å². The summed E-state index contributed by atoms with van der Waals surface area (Å²) in [7, 11) is 1.73. The van der Waals surface area contributed by atoms with E-state index in [1.165, 1.54) is 0 Å². The molecule has 0 saturated carbocycles. The Kier molecular flexibility index (Phi) is 3.88. The van der Waals surface area contributed by atoms with Crippen molar-refractivity contribution in [2.24, 2.45) is 7.05 Å². The summed E-state index contributed by atoms with van der Waals surface area (Å²) in [5.74, 6) is -0.234. The molecule has 98 valence electrons. The molecular formula is C11H15IN4O2. The molecule has 7 heteroatoms. The van der Waals surface area contributed by atoms with Crippen molar-refractivity contribution in [1.29, 1.82) is 0 Å². The first-order valence-corrected chi connectivity index (χ1v) is 6.86. The van der Waals surface area contributed by atoms with Crippen molar-refractivity contribution in [1.82, 2.24) is 20.0 Å². The molecule has 1 atom stereocenters. The standard InChI is InChI=1S/C11H15IN4O2/c1-7-10(17)13-4-3-5-16(7)11(18)9-8(12)6-14-15(9)2/h6-7H,3-5H2,1-2H3,(H,13,17). The van der Waals surface area contributed by atoms with Gasteiger partial charge in [-0.3, -0.25) is 14.3 Å². The van der Waals surface area contributed by atoms with Gasteiger partial charge in [0, 0.05) is 20.1 Å². The van der Waals surface area contributed by atoms with Gasteiger partial charge in [-0.25, -0.2) is 0 Å². The molecule has 2 rings (SSSR count). The van der Waals surface area contributed by atoms with Crippen LogP contribution in [0.3, 0.4) is 0 Å². The van der Waals surface area contributed by atoms with Crippen molar-refractivity contribution < 1.29 is 9.59 Å². The molecule has 1 aromatic heterocycles. The molecule has 6 nitrogen and oxygen atoms in total. The molecule has 1 fully saturated rings. The predicted octanol–water partition coefficient (Wildman–Crippen LogP) is 0.375. The van der Waals surface area contributed by atoms with Crippen LogP contribution in [0, 0.1) is 3.57 Å². The van der Waals surface area contributed by atoms with Crippen molar-refractivity contribution in [2.75, 3.05) is 13.1 Å². The first-order chi connectivity index (χ1) is 8.52. The van der Waals surface area contributed by atoms with Crippen molar-refractivity contribution >= 4 is 34.4 Å². The number of amides is 2. The maximum atomic E-state index is 12.5. The molecule has 0 aromatic carbocycles. The van der Waals surface area contributed by atoms with Crippen molar-refractivity contribution in [2.45, 2.75) is 19.4 Å². The lowest BCUT2D eigenvalue weighted by atomic mass is 10.2. The minimum atomic E-state index is -0.439. The third-order valence-electron chi connectivity index (χ3n) is 3.08. The number of rotatable bonds is 1. The van der Waals surface area contributed by atoms with Crippen molar-refractivity contribution in [3.63, 3.8) is 0 Å². The van der Waals surface area contributed by atoms with Gasteiger partial charge in [-0.2, -0.15) is 5.10 Å². The SMILES string of the molecule is CC1C(=O)NCCCN1C(=O)c1c(I)cnn1C. The third-order valence-corrected chi connectivity index (χ3v) is 3.87. The number of nitrogens with zero attached hydrogens (tertiary/aromatic N) is 3. The van der Waals surface area contributed by atoms with Crippen LogP contribution in [0.4, 0.5) is 0 Å². The Morgan fingerprint density at radius 2 is 2.33 bits per heavy atom. The monoisotopic (exact) mass is 362 g/mol. The van der Waals surface area contributed by atoms with Crippen molar-refractivity contribution in [3.8, 4) is 0 Å². The Labute approximate surface area is 119 Å². The molecule has 0 radical (unpaired) electrons. The number of carbonyl (C=O) groups excluding carboxylic acids is 2. The Hall–Kier alpha value is -1.12. The fourth-order valence-corrected chi connectivity index (χ4v) is 2.71. The van der Waals surface area contributed by atoms with Gasteiger partial charge in [0.1, 0.15) is 11.7 Å². The highest BCUT2D eigenvalue weighted by Crippen LogP contribution is 2.16. The van der Waals surface area contributed by atoms with Gasteiger partial charge >= 0.3 is 0 Å². The molecule has 0 bridgehead atoms. The molecule has 2 heterocycles. The fourth-order valence-electron chi connectivity index (χ4n) is 2.01. The molecule has 2 amide bonds. The summed E-state index contributed by atoms with van der Waals surface area (Å²) >= 11 is 2.08. The van der Waals surface area contributed by atoms with E-state index in [-0.39, 0.29) is 11.8 Å². The average Bonchev–Trinajstić information content (AvgIpc) is 2.57. The molecule has 1 aliphatic heterocycles. The summed E-state index contributed by atoms with van der Waals surface area (Å²) in [4.78, 5) is 25.8. The van der Waals surface area contributed by atoms with E-state index in [9.17, 15) is 9.59 Å². The number of nitrogens with one attached hydrogen (secondary N) is 1. The van der Waals surface area contributed by atoms with Crippen molar-refractivity contribution in [3.05, 3.63) is 15.5 Å². The Morgan fingerprint density at radius 3 is 2.94 bits per heavy atom. The lowest BCUT2D eigenvalue weighted by molar-refractivity contribution is -0.124. The summed E-state index contributed by atoms with van der Waals surface area (Å²) in [6.07, 6.45) is 2.42. The zero-order valence-corrected chi connectivity index (χ0v) is 12.5. The Balaban J connectivity index is 2.30. The first-order valence-electron chi connectivity index (χ1n) is 5.78. The van der Waals surface area contributed by atoms with Crippen LogP contribution < -0.4 is 5.32 Å². The van der Waals surface area contributed by atoms with Crippen LogP contribution in [0.25, 0.3) is 0 Å². The lowest BCUT2D eigenvalue weighted by Crippen LogP contribution is -2.45. The van der Waals surface area contributed by atoms with Crippen LogP contribution in [-0.4, -0.2) is 45.6 Å². The normalized spacial score (nSPS) is 20.5. The van der Waals surface area contributed by atoms with E-state index in [2.05, 4.69) is 33.0 Å². The van der Waals surface area contributed by atoms with Crippen LogP contribution in [0.1, 0.15) is 23.8 Å². The third kappa shape index (κ3) is 2.36. The summed E-state index contributed by atoms with van der Waals surface area (Å²) < 4.78 is 2.36. The van der Waals surface area contributed by atoms with Crippen LogP contribution in [-0.2, 0) is 11.8 Å². The molecule has 1 unspecified atom stereocenters. The molecule has 0 spiro atoms. The highest BCUT2D eigenvalue weighted by molar-refractivity contribution is 14.1. The number of hydrogen-bond acceptors (Lipinski definition) is 3. The second kappa shape index (κ2) is 5.25. The number of carbonyl (C=O) groups is 2. The Bertz CT molecular complexity index is 466. The van der Waals surface area contributed by atoms with Gasteiger partial charge in [0.15, 0.2) is 0 Å². The summed E-state index contributed by atoms with van der Waals surface area (Å²) in [5, 5.41) is 6.86. The van der Waals surface area contributed by atoms with E-state index in [1.54, 1.807) is 29.7 Å². The van der Waals surface area contributed by atoms with Gasteiger partial charge in [0.05, 0.1) is 9.77 Å². The maximum Gasteiger partial charge on any atom is 0.273 e. The van der Waals surface area contributed by atoms with Gasteiger partial charge in [-0.15, -0.1) is 0 Å². The zero-order valence-electron chi connectivity index (χ0n) is 10.3. The first kappa shape index (κ1) is 13.3. The molecule has 1 saturated heterocycles. The van der Waals surface area contributed by atoms with Gasteiger partial charge < -0.3 is 10.2 Å². The summed E-state index contributed by atoms with van der Waals surface area (Å²) in [5.41, 5.74) is 0.539. The number of hydrogen-bond donors (Lipinski definition) is 1. The fraction of sp³-hybridized carbons (Fsp3) is 0.545. The zero-order chi connectivity index (χ0) is 13.3. The van der Waals surface area contributed by atoms with E-state index in [0.717, 1.165) is 9.99 Å². The lowest BCUT2D eigenvalue weighted by Gasteiger charge is -2.25. The Morgan fingerprint density at radius 1 is 1.61 bits per heavy atom. The quantitative estimate of drug-likeness (QED) is 0.735. The number of aryl methyl sites for hydroxylation is 1. The summed E-state index contributed by atoms with van der Waals surface area (Å²) in [6, 6.07) is -0.439. The maximum absolute atomic E-state index is 12.5. The molecule has 18 heavy (non-hydrogen) atoms. The topological polar surface area (TPSA) is 67.2 Å². The second-order valence-electron chi connectivity index (χ2n) is 4.28. The minimum Gasteiger partial charge on any atom is -0.354 e. The highest BCUT2D eigenvalue weighted by Gasteiger charge is 2.30. The molecule has 1 aromatic rings. The van der Waals surface area contributed by atoms with Crippen LogP contribution in [0.5, 0.6) is 0 Å². The van der Waals surface area contributed by atoms with Crippen LogP contribution in [0.2, 0.25) is 0 Å². The van der Waals surface area contributed by atoms with Gasteiger partial charge in [-0.1, -0.05) is 0 Å². The predicted molar refractivity (Wildman–Crippen MR) is 74.1 cm³/mol. The second-order valence-corrected chi connectivity index (χ2v) is 5.45. The van der Waals surface area contributed by atoms with E-state index < -0.39 is 6.04 Å². The molecular weight excluding hydrogens is 347 g/mol. The smallest absolute Gasteiger partial charge is 0.273 e. The van der Waals surface area contributed by atoms with E-state index in [0.29, 0.717) is 18.8 Å². The van der Waals surface area contributed by atoms with Gasteiger partial charge in [0.2, 0.25) is 5.91 Å². The largest absolute Gasteiger partial charge is 0.354 e. The molecule has 1 N–H and O–H groups in total. The van der Waals surface area contributed by atoms with Crippen LogP contribution >= 0.6 is 22.6 Å². The average molecular weight is 362 g/mol. The number of halogens is 1.